The number of aromatic amines is 1. The van der Waals surface area contributed by atoms with Gasteiger partial charge in [-0.2, -0.15) is 0 Å². The van der Waals surface area contributed by atoms with E-state index in [2.05, 4.69) is 10.3 Å². The number of nitrogens with two attached hydrogens (primary N) is 1. The summed E-state index contributed by atoms with van der Waals surface area (Å²) in [7, 11) is 0. The highest BCUT2D eigenvalue weighted by Crippen LogP contribution is 2.34. The summed E-state index contributed by atoms with van der Waals surface area (Å²) in [4.78, 5) is 27.3. The fraction of sp³-hybridized carbons (Fsp3) is 0.320. The zero-order chi connectivity index (χ0) is 24.4. The summed E-state index contributed by atoms with van der Waals surface area (Å²) in [5, 5.41) is 31.3. The highest BCUT2D eigenvalue weighted by atomic mass is 35.5. The Bertz CT molecular complexity index is 1240. The Morgan fingerprint density at radius 3 is 2.39 bits per heavy atom. The third-order valence-corrected chi connectivity index (χ3v) is 6.34. The number of amidine groups is 1. The van der Waals surface area contributed by atoms with Gasteiger partial charge >= 0.3 is 11.9 Å². The van der Waals surface area contributed by atoms with Gasteiger partial charge in [0.05, 0.1) is 11.8 Å². The number of aromatic nitrogens is 1. The van der Waals surface area contributed by atoms with Crippen molar-refractivity contribution in [1.82, 2.24) is 10.3 Å². The fourth-order valence-electron chi connectivity index (χ4n) is 4.47. The van der Waals surface area contributed by atoms with Gasteiger partial charge in [-0.3, -0.25) is 15.0 Å². The lowest BCUT2D eigenvalue weighted by atomic mass is 9.89. The van der Waals surface area contributed by atoms with Crippen LogP contribution < -0.4 is 15.8 Å². The molecule has 2 unspecified atom stereocenters. The number of H-pyrrole nitrogens is 1. The Kier molecular flexibility index (Phi) is 9.75. The number of carboxylic acid groups (broad SMARTS) is 2. The lowest BCUT2D eigenvalue weighted by molar-refractivity contribution is -0.139. The SMILES string of the molecule is CC(C(=O)O)c1c(CC(C(=O)O)c2ccc(O[C@H]3CCNC3)cc2)[nH]c2cc(C(=N)N)ccc12.Cl.Cl. The molecule has 1 aromatic heterocycles. The van der Waals surface area contributed by atoms with Gasteiger partial charge in [-0.05, 0) is 49.2 Å². The van der Waals surface area contributed by atoms with Crippen molar-refractivity contribution in [2.75, 3.05) is 13.1 Å². The van der Waals surface area contributed by atoms with Gasteiger partial charge in [0.2, 0.25) is 0 Å². The van der Waals surface area contributed by atoms with Crippen molar-refractivity contribution in [3.8, 4) is 5.75 Å². The second-order valence-electron chi connectivity index (χ2n) is 8.65. The first-order valence-corrected chi connectivity index (χ1v) is 11.2. The van der Waals surface area contributed by atoms with Crippen LogP contribution in [0.1, 0.15) is 47.6 Å². The van der Waals surface area contributed by atoms with Gasteiger partial charge in [0.15, 0.2) is 0 Å². The normalized spacial score (nSPS) is 16.4. The highest BCUT2D eigenvalue weighted by Gasteiger charge is 2.28. The average molecular weight is 537 g/mol. The van der Waals surface area contributed by atoms with Crippen LogP contribution in [-0.2, 0) is 16.0 Å². The minimum absolute atomic E-state index is 0. The van der Waals surface area contributed by atoms with Crippen molar-refractivity contribution in [1.29, 1.82) is 5.41 Å². The number of hydrogen-bond acceptors (Lipinski definition) is 5. The third-order valence-electron chi connectivity index (χ3n) is 6.34. The van der Waals surface area contributed by atoms with E-state index in [1.165, 1.54) is 0 Å². The molecular weight excluding hydrogens is 507 g/mol. The van der Waals surface area contributed by atoms with Crippen LogP contribution in [0.2, 0.25) is 0 Å². The van der Waals surface area contributed by atoms with Crippen LogP contribution in [-0.4, -0.2) is 52.2 Å². The van der Waals surface area contributed by atoms with Crippen LogP contribution >= 0.6 is 24.8 Å². The zero-order valence-electron chi connectivity index (χ0n) is 19.6. The number of nitrogens with one attached hydrogen (secondary N) is 3. The molecular formula is C25H30Cl2N4O5. The molecule has 2 aromatic carbocycles. The summed E-state index contributed by atoms with van der Waals surface area (Å²) in [6.45, 7) is 3.28. The second kappa shape index (κ2) is 12.1. The number of halogens is 2. The highest BCUT2D eigenvalue weighted by molar-refractivity contribution is 6.00. The molecule has 0 radical (unpaired) electrons. The number of nitrogen functional groups attached to an aromatic ring is 1. The Labute approximate surface area is 220 Å². The summed E-state index contributed by atoms with van der Waals surface area (Å²) in [6.07, 6.45) is 1.11. The van der Waals surface area contributed by atoms with E-state index in [9.17, 15) is 19.8 Å². The molecule has 0 saturated carbocycles. The van der Waals surface area contributed by atoms with Crippen LogP contribution in [0.5, 0.6) is 5.75 Å². The first kappa shape index (κ1) is 29.0. The molecule has 1 fully saturated rings. The van der Waals surface area contributed by atoms with Crippen molar-refractivity contribution in [3.63, 3.8) is 0 Å². The van der Waals surface area contributed by atoms with Crippen LogP contribution in [0, 0.1) is 5.41 Å². The maximum atomic E-state index is 12.2. The van der Waals surface area contributed by atoms with Crippen LogP contribution in [0.4, 0.5) is 0 Å². The lowest BCUT2D eigenvalue weighted by Crippen LogP contribution is -2.20. The molecule has 2 heterocycles. The molecule has 3 aromatic rings. The molecule has 36 heavy (non-hydrogen) atoms. The monoisotopic (exact) mass is 536 g/mol. The fourth-order valence-corrected chi connectivity index (χ4v) is 4.47. The van der Waals surface area contributed by atoms with E-state index in [1.54, 1.807) is 49.4 Å². The van der Waals surface area contributed by atoms with Gasteiger partial charge in [-0.1, -0.05) is 24.3 Å². The molecule has 3 atom stereocenters. The Morgan fingerprint density at radius 1 is 1.14 bits per heavy atom. The van der Waals surface area contributed by atoms with E-state index in [4.69, 9.17) is 15.9 Å². The van der Waals surface area contributed by atoms with Crippen LogP contribution in [0.25, 0.3) is 10.9 Å². The van der Waals surface area contributed by atoms with E-state index < -0.39 is 23.8 Å². The Hall–Kier alpha value is -3.27. The van der Waals surface area contributed by atoms with E-state index in [-0.39, 0.29) is 43.2 Å². The van der Waals surface area contributed by atoms with Gasteiger partial charge in [0.25, 0.3) is 0 Å². The number of aliphatic carboxylic acids is 2. The van der Waals surface area contributed by atoms with Crippen LogP contribution in [0.3, 0.4) is 0 Å². The molecule has 0 bridgehead atoms. The Balaban J connectivity index is 0.00000228. The van der Waals surface area contributed by atoms with Gasteiger partial charge < -0.3 is 31.0 Å². The quantitative estimate of drug-likeness (QED) is 0.179. The summed E-state index contributed by atoms with van der Waals surface area (Å²) < 4.78 is 5.93. The number of carbonyl (C=O) groups is 2. The first-order valence-electron chi connectivity index (χ1n) is 11.2. The molecule has 1 saturated heterocycles. The number of fused-ring (bicyclic) bond motifs is 1. The van der Waals surface area contributed by atoms with Crippen LogP contribution in [0.15, 0.2) is 42.5 Å². The molecule has 11 heteroatoms. The van der Waals surface area contributed by atoms with E-state index in [1.807, 2.05) is 0 Å². The van der Waals surface area contributed by atoms with E-state index >= 15 is 0 Å². The number of hydrogen-bond donors (Lipinski definition) is 6. The summed E-state index contributed by atoms with van der Waals surface area (Å²) in [5.41, 5.74) is 8.39. The van der Waals surface area contributed by atoms with Gasteiger partial charge in [-0.25, -0.2) is 0 Å². The average Bonchev–Trinajstić information content (AvgIpc) is 3.44. The molecule has 1 aliphatic rings. The Morgan fingerprint density at radius 2 is 1.83 bits per heavy atom. The number of rotatable bonds is 9. The molecule has 0 aliphatic carbocycles. The molecule has 4 rings (SSSR count). The van der Waals surface area contributed by atoms with Crippen molar-refractivity contribution in [2.24, 2.45) is 5.73 Å². The topological polar surface area (TPSA) is 162 Å². The molecule has 7 N–H and O–H groups in total. The zero-order valence-corrected chi connectivity index (χ0v) is 21.2. The van der Waals surface area contributed by atoms with Gasteiger partial charge in [0.1, 0.15) is 17.7 Å². The maximum Gasteiger partial charge on any atom is 0.311 e. The summed E-state index contributed by atoms with van der Waals surface area (Å²) in [6, 6.07) is 12.1. The molecule has 1 aliphatic heterocycles. The molecule has 0 amide bonds. The van der Waals surface area contributed by atoms with Crippen molar-refractivity contribution < 1.29 is 24.5 Å². The molecule has 194 valence electrons. The minimum Gasteiger partial charge on any atom is -0.489 e. The standard InChI is InChI=1S/C25H28N4O5.2ClH/c1-13(24(30)31)22-18-7-4-15(23(26)27)10-20(18)29-21(22)11-19(25(32)33)14-2-5-16(6-3-14)34-17-8-9-28-12-17;;/h2-7,10,13,17,19,28-29H,8-9,11-12H2,1H3,(H3,26,27)(H,30,31)(H,32,33);2*1H/t13?,17-,19?;;/m0../s1. The van der Waals surface area contributed by atoms with Crippen molar-refractivity contribution in [3.05, 3.63) is 64.8 Å². The second-order valence-corrected chi connectivity index (χ2v) is 8.65. The maximum absolute atomic E-state index is 12.2. The first-order chi connectivity index (χ1) is 16.2. The van der Waals surface area contributed by atoms with E-state index in [0.717, 1.165) is 19.5 Å². The van der Waals surface area contributed by atoms with E-state index in [0.29, 0.717) is 39.0 Å². The third kappa shape index (κ3) is 6.10. The summed E-state index contributed by atoms with van der Waals surface area (Å²) >= 11 is 0. The molecule has 0 spiro atoms. The molecule has 9 nitrogen and oxygen atoms in total. The lowest BCUT2D eigenvalue weighted by Gasteiger charge is -2.17. The number of carboxylic acids is 2. The minimum atomic E-state index is -1.01. The van der Waals surface area contributed by atoms with Gasteiger partial charge in [0, 0.05) is 35.1 Å². The van der Waals surface area contributed by atoms with Crippen molar-refractivity contribution in [2.45, 2.75) is 37.7 Å². The predicted molar refractivity (Wildman–Crippen MR) is 142 cm³/mol. The number of ether oxygens (including phenoxy) is 1. The van der Waals surface area contributed by atoms with Gasteiger partial charge in [-0.15, -0.1) is 24.8 Å². The summed E-state index contributed by atoms with van der Waals surface area (Å²) in [5.74, 6) is -3.17. The van der Waals surface area contributed by atoms with Crippen molar-refractivity contribution >= 4 is 53.5 Å². The number of benzene rings is 2. The largest absolute Gasteiger partial charge is 0.489 e. The predicted octanol–water partition coefficient (Wildman–Crippen LogP) is 3.64. The smallest absolute Gasteiger partial charge is 0.311 e.